The third-order valence-corrected chi connectivity index (χ3v) is 5.80. The second kappa shape index (κ2) is 8.48. The van der Waals surface area contributed by atoms with Crippen molar-refractivity contribution in [2.45, 2.75) is 13.1 Å². The fourth-order valence-corrected chi connectivity index (χ4v) is 4.23. The lowest BCUT2D eigenvalue weighted by Crippen LogP contribution is -2.32. The van der Waals surface area contributed by atoms with Crippen LogP contribution in [0.2, 0.25) is 0 Å². The van der Waals surface area contributed by atoms with E-state index in [0.717, 1.165) is 18.7 Å². The smallest absolute Gasteiger partial charge is 0.269 e. The highest BCUT2D eigenvalue weighted by Crippen LogP contribution is 2.19. The van der Waals surface area contributed by atoms with Gasteiger partial charge in [-0.1, -0.05) is 24.3 Å². The van der Waals surface area contributed by atoms with Crippen molar-refractivity contribution >= 4 is 34.4 Å². The number of hydrogen-bond acceptors (Lipinski definition) is 5. The summed E-state index contributed by atoms with van der Waals surface area (Å²) < 4.78 is 1.45. The van der Waals surface area contributed by atoms with Crippen LogP contribution >= 0.6 is 11.8 Å². The number of hydrogen-bond donors (Lipinski definition) is 1. The van der Waals surface area contributed by atoms with E-state index in [0.29, 0.717) is 17.6 Å². The Balaban J connectivity index is 1.38. The molecule has 0 atom stereocenters. The molecule has 1 aliphatic rings. The maximum atomic E-state index is 12.4. The fraction of sp³-hybridized carbons (Fsp3) is 0.286. The summed E-state index contributed by atoms with van der Waals surface area (Å²) in [7, 11) is 0. The summed E-state index contributed by atoms with van der Waals surface area (Å²) in [6.45, 7) is 2.57. The van der Waals surface area contributed by atoms with E-state index >= 15 is 0 Å². The normalized spacial score (nSPS) is 14.2. The van der Waals surface area contributed by atoms with E-state index in [2.05, 4.69) is 27.3 Å². The van der Waals surface area contributed by atoms with Crippen LogP contribution in [0.4, 0.5) is 5.69 Å². The molecule has 28 heavy (non-hydrogen) atoms. The summed E-state index contributed by atoms with van der Waals surface area (Å²) in [6, 6.07) is 15.6. The molecule has 2 aromatic carbocycles. The molecular formula is C21H22N4O2S. The summed E-state index contributed by atoms with van der Waals surface area (Å²) in [6.07, 6.45) is 1.26. The lowest BCUT2D eigenvalue weighted by atomic mass is 10.2. The minimum absolute atomic E-state index is 0.0224. The molecule has 0 bridgehead atoms. The van der Waals surface area contributed by atoms with Crippen LogP contribution in [0.5, 0.6) is 0 Å². The van der Waals surface area contributed by atoms with Crippen molar-refractivity contribution in [2.75, 3.05) is 29.5 Å². The molecule has 0 spiro atoms. The number of carbonyl (C=O) groups excluding carboxylic acids is 1. The molecule has 0 aliphatic carbocycles. The highest BCUT2D eigenvalue weighted by molar-refractivity contribution is 7.99. The molecule has 0 saturated carbocycles. The number of benzene rings is 2. The predicted octanol–water partition coefficient (Wildman–Crippen LogP) is 2.27. The van der Waals surface area contributed by atoms with Gasteiger partial charge in [-0.3, -0.25) is 14.2 Å². The largest absolute Gasteiger partial charge is 0.370 e. The predicted molar refractivity (Wildman–Crippen MR) is 114 cm³/mol. The number of aromatic nitrogens is 2. The Bertz CT molecular complexity index is 1030. The first kappa shape index (κ1) is 18.6. The van der Waals surface area contributed by atoms with Gasteiger partial charge in [-0.05, 0) is 29.8 Å². The number of carbonyl (C=O) groups is 1. The van der Waals surface area contributed by atoms with Gasteiger partial charge in [-0.2, -0.15) is 11.8 Å². The SMILES string of the molecule is O=C(Cn1c(=O)cnc2ccccc21)NCc1ccc(N2CCSCC2)cc1. The molecule has 4 rings (SSSR count). The Morgan fingerprint density at radius 1 is 1.07 bits per heavy atom. The van der Waals surface area contributed by atoms with Crippen molar-refractivity contribution in [3.63, 3.8) is 0 Å². The average molecular weight is 395 g/mol. The quantitative estimate of drug-likeness (QED) is 0.719. The summed E-state index contributed by atoms with van der Waals surface area (Å²) in [5.74, 6) is 2.14. The van der Waals surface area contributed by atoms with Crippen LogP contribution in [0.15, 0.2) is 59.5 Å². The summed E-state index contributed by atoms with van der Waals surface area (Å²) >= 11 is 1.99. The number of fused-ring (bicyclic) bond motifs is 1. The van der Waals surface area contributed by atoms with Gasteiger partial charge in [-0.15, -0.1) is 0 Å². The Kier molecular flexibility index (Phi) is 5.62. The van der Waals surface area contributed by atoms with Gasteiger partial charge in [0, 0.05) is 36.8 Å². The highest BCUT2D eigenvalue weighted by Gasteiger charge is 2.11. The summed E-state index contributed by atoms with van der Waals surface area (Å²) in [5.41, 5.74) is 3.34. The van der Waals surface area contributed by atoms with Crippen molar-refractivity contribution in [1.82, 2.24) is 14.9 Å². The standard InChI is InChI=1S/C21H22N4O2S/c26-20(15-25-19-4-2-1-3-18(19)22-14-21(25)27)23-13-16-5-7-17(8-6-16)24-9-11-28-12-10-24/h1-8,14H,9-13,15H2,(H,23,26). The van der Waals surface area contributed by atoms with Crippen LogP contribution < -0.4 is 15.8 Å². The lowest BCUT2D eigenvalue weighted by Gasteiger charge is -2.28. The van der Waals surface area contributed by atoms with Gasteiger partial charge < -0.3 is 10.2 Å². The maximum Gasteiger partial charge on any atom is 0.269 e. The van der Waals surface area contributed by atoms with Gasteiger partial charge in [0.1, 0.15) is 6.54 Å². The van der Waals surface area contributed by atoms with Crippen molar-refractivity contribution in [2.24, 2.45) is 0 Å². The van der Waals surface area contributed by atoms with Gasteiger partial charge in [0.05, 0.1) is 17.2 Å². The van der Waals surface area contributed by atoms with Crippen LogP contribution in [0.3, 0.4) is 0 Å². The number of anilines is 1. The Labute approximate surface area is 167 Å². The van der Waals surface area contributed by atoms with E-state index in [1.807, 2.05) is 42.1 Å². The van der Waals surface area contributed by atoms with Crippen LogP contribution in [0, 0.1) is 0 Å². The van der Waals surface area contributed by atoms with Gasteiger partial charge in [-0.25, -0.2) is 4.98 Å². The zero-order chi connectivity index (χ0) is 19.3. The van der Waals surface area contributed by atoms with E-state index in [9.17, 15) is 9.59 Å². The molecule has 0 unspecified atom stereocenters. The van der Waals surface area contributed by atoms with E-state index in [1.165, 1.54) is 28.0 Å². The molecule has 1 aliphatic heterocycles. The first-order valence-corrected chi connectivity index (χ1v) is 10.5. The third-order valence-electron chi connectivity index (χ3n) is 4.86. The van der Waals surface area contributed by atoms with Crippen LogP contribution in [0.25, 0.3) is 11.0 Å². The minimum atomic E-state index is -0.280. The molecular weight excluding hydrogens is 372 g/mol. The molecule has 0 radical (unpaired) electrons. The molecule has 1 amide bonds. The average Bonchev–Trinajstić information content (AvgIpc) is 2.75. The van der Waals surface area contributed by atoms with Crippen LogP contribution in [-0.2, 0) is 17.9 Å². The number of nitrogens with one attached hydrogen (secondary N) is 1. The first-order chi connectivity index (χ1) is 13.7. The second-order valence-corrected chi connectivity index (χ2v) is 7.94. The molecule has 7 heteroatoms. The number of amides is 1. The Morgan fingerprint density at radius 3 is 2.61 bits per heavy atom. The Morgan fingerprint density at radius 2 is 1.82 bits per heavy atom. The van der Waals surface area contributed by atoms with E-state index in [-0.39, 0.29) is 18.0 Å². The first-order valence-electron chi connectivity index (χ1n) is 9.33. The molecule has 6 nitrogen and oxygen atoms in total. The maximum absolute atomic E-state index is 12.4. The molecule has 1 fully saturated rings. The van der Waals surface area contributed by atoms with Gasteiger partial charge >= 0.3 is 0 Å². The molecule has 1 N–H and O–H groups in total. The van der Waals surface area contributed by atoms with Crippen molar-refractivity contribution in [3.05, 3.63) is 70.6 Å². The molecule has 3 aromatic rings. The van der Waals surface area contributed by atoms with Crippen molar-refractivity contribution < 1.29 is 4.79 Å². The highest BCUT2D eigenvalue weighted by atomic mass is 32.2. The molecule has 1 aromatic heterocycles. The topological polar surface area (TPSA) is 67.2 Å². The monoisotopic (exact) mass is 394 g/mol. The van der Waals surface area contributed by atoms with Gasteiger partial charge in [0.2, 0.25) is 5.91 Å². The summed E-state index contributed by atoms with van der Waals surface area (Å²) in [5, 5.41) is 2.90. The van der Waals surface area contributed by atoms with Crippen LogP contribution in [-0.4, -0.2) is 40.1 Å². The number of rotatable bonds is 5. The van der Waals surface area contributed by atoms with Gasteiger partial charge in [0.15, 0.2) is 0 Å². The number of thioether (sulfide) groups is 1. The Hall–Kier alpha value is -2.80. The van der Waals surface area contributed by atoms with Crippen LogP contribution in [0.1, 0.15) is 5.56 Å². The van der Waals surface area contributed by atoms with E-state index in [4.69, 9.17) is 0 Å². The molecule has 144 valence electrons. The van der Waals surface area contributed by atoms with Crippen molar-refractivity contribution in [1.29, 1.82) is 0 Å². The lowest BCUT2D eigenvalue weighted by molar-refractivity contribution is -0.121. The second-order valence-electron chi connectivity index (χ2n) is 6.71. The minimum Gasteiger partial charge on any atom is -0.370 e. The third kappa shape index (κ3) is 4.20. The fourth-order valence-electron chi connectivity index (χ4n) is 3.32. The van der Waals surface area contributed by atoms with Crippen molar-refractivity contribution in [3.8, 4) is 0 Å². The van der Waals surface area contributed by atoms with E-state index in [1.54, 1.807) is 6.07 Å². The summed E-state index contributed by atoms with van der Waals surface area (Å²) in [4.78, 5) is 31.0. The number of para-hydroxylation sites is 2. The zero-order valence-corrected chi connectivity index (χ0v) is 16.3. The molecule has 2 heterocycles. The van der Waals surface area contributed by atoms with Gasteiger partial charge in [0.25, 0.3) is 5.56 Å². The zero-order valence-electron chi connectivity index (χ0n) is 15.5. The molecule has 1 saturated heterocycles. The van der Waals surface area contributed by atoms with E-state index < -0.39 is 0 Å². The number of nitrogens with zero attached hydrogens (tertiary/aromatic N) is 3.